The van der Waals surface area contributed by atoms with Crippen molar-refractivity contribution in [3.8, 4) is 0 Å². The van der Waals surface area contributed by atoms with Crippen LogP contribution in [0.5, 0.6) is 0 Å². The highest BCUT2D eigenvalue weighted by molar-refractivity contribution is 7.80. The van der Waals surface area contributed by atoms with E-state index < -0.39 is 0 Å². The van der Waals surface area contributed by atoms with Crippen LogP contribution in [-0.4, -0.2) is 29.4 Å². The number of hydrogen-bond acceptors (Lipinski definition) is 2. The van der Waals surface area contributed by atoms with Crippen molar-refractivity contribution < 1.29 is 4.79 Å². The van der Waals surface area contributed by atoms with E-state index in [2.05, 4.69) is 6.92 Å². The molecule has 0 radical (unpaired) electrons. The maximum Gasteiger partial charge on any atom is 0.222 e. The van der Waals surface area contributed by atoms with E-state index >= 15 is 0 Å². The van der Waals surface area contributed by atoms with E-state index in [1.165, 1.54) is 25.7 Å². The Hall–Kier alpha value is -0.640. The first-order valence-electron chi connectivity index (χ1n) is 7.02. The van der Waals surface area contributed by atoms with E-state index in [1.54, 1.807) is 4.90 Å². The second-order valence-corrected chi connectivity index (χ2v) is 5.57. The van der Waals surface area contributed by atoms with Gasteiger partial charge in [-0.3, -0.25) is 4.79 Å². The SMILES string of the molecule is CCCCCCCCC(=O)N(C)CC(C)C(N)=S. The minimum absolute atomic E-state index is 0.0958. The van der Waals surface area contributed by atoms with Gasteiger partial charge in [-0.2, -0.15) is 0 Å². The van der Waals surface area contributed by atoms with Gasteiger partial charge in [0.25, 0.3) is 0 Å². The molecule has 0 spiro atoms. The Balaban J connectivity index is 3.65. The summed E-state index contributed by atoms with van der Waals surface area (Å²) >= 11 is 4.91. The standard InChI is InChI=1S/C14H28N2OS/c1-4-5-6-7-8-9-10-13(17)16(3)11-12(2)14(15)18/h12H,4-11H2,1-3H3,(H2,15,18). The summed E-state index contributed by atoms with van der Waals surface area (Å²) in [5, 5.41) is 0. The lowest BCUT2D eigenvalue weighted by atomic mass is 10.1. The zero-order valence-electron chi connectivity index (χ0n) is 12.1. The summed E-state index contributed by atoms with van der Waals surface area (Å²) in [6.45, 7) is 4.79. The molecule has 0 aromatic heterocycles. The normalized spacial score (nSPS) is 12.2. The summed E-state index contributed by atoms with van der Waals surface area (Å²) in [5.41, 5.74) is 5.55. The molecule has 1 unspecified atom stereocenters. The molecule has 106 valence electrons. The molecule has 0 aromatic carbocycles. The van der Waals surface area contributed by atoms with Gasteiger partial charge >= 0.3 is 0 Å². The van der Waals surface area contributed by atoms with Gasteiger partial charge < -0.3 is 10.6 Å². The Bertz CT molecular complexity index is 256. The van der Waals surface area contributed by atoms with Crippen LogP contribution in [0.25, 0.3) is 0 Å². The van der Waals surface area contributed by atoms with Crippen LogP contribution in [0.2, 0.25) is 0 Å². The molecule has 0 saturated heterocycles. The summed E-state index contributed by atoms with van der Waals surface area (Å²) in [7, 11) is 1.83. The number of hydrogen-bond donors (Lipinski definition) is 1. The molecule has 0 heterocycles. The Morgan fingerprint density at radius 2 is 1.78 bits per heavy atom. The molecule has 0 saturated carbocycles. The molecule has 4 heteroatoms. The van der Waals surface area contributed by atoms with Gasteiger partial charge in [-0.15, -0.1) is 0 Å². The Kier molecular flexibility index (Phi) is 9.93. The van der Waals surface area contributed by atoms with Crippen LogP contribution in [0.3, 0.4) is 0 Å². The predicted octanol–water partition coefficient (Wildman–Crippen LogP) is 3.12. The maximum atomic E-state index is 11.8. The number of carbonyl (C=O) groups is 1. The largest absolute Gasteiger partial charge is 0.393 e. The minimum Gasteiger partial charge on any atom is -0.393 e. The van der Waals surface area contributed by atoms with Crippen LogP contribution in [0, 0.1) is 5.92 Å². The van der Waals surface area contributed by atoms with E-state index in [9.17, 15) is 4.79 Å². The van der Waals surface area contributed by atoms with Gasteiger partial charge in [0.1, 0.15) is 0 Å². The molecule has 0 aliphatic rings. The zero-order chi connectivity index (χ0) is 14.0. The zero-order valence-corrected chi connectivity index (χ0v) is 12.9. The first-order chi connectivity index (χ1) is 8.49. The monoisotopic (exact) mass is 272 g/mol. The van der Waals surface area contributed by atoms with Gasteiger partial charge in [-0.1, -0.05) is 58.2 Å². The van der Waals surface area contributed by atoms with Gasteiger partial charge in [0, 0.05) is 25.9 Å². The van der Waals surface area contributed by atoms with E-state index in [4.69, 9.17) is 18.0 Å². The average molecular weight is 272 g/mol. The summed E-state index contributed by atoms with van der Waals surface area (Å²) in [6, 6.07) is 0. The van der Waals surface area contributed by atoms with Gasteiger partial charge in [0.2, 0.25) is 5.91 Å². The molecule has 0 bridgehead atoms. The predicted molar refractivity (Wildman–Crippen MR) is 81.6 cm³/mol. The Morgan fingerprint density at radius 1 is 1.22 bits per heavy atom. The Morgan fingerprint density at radius 3 is 2.33 bits per heavy atom. The number of nitrogens with zero attached hydrogens (tertiary/aromatic N) is 1. The molecular weight excluding hydrogens is 244 g/mol. The van der Waals surface area contributed by atoms with Crippen molar-refractivity contribution >= 4 is 23.1 Å². The Labute approximate surface area is 117 Å². The molecule has 18 heavy (non-hydrogen) atoms. The topological polar surface area (TPSA) is 46.3 Å². The quantitative estimate of drug-likeness (QED) is 0.491. The molecule has 2 N–H and O–H groups in total. The minimum atomic E-state index is 0.0958. The summed E-state index contributed by atoms with van der Waals surface area (Å²) in [6.07, 6.45) is 7.90. The fourth-order valence-electron chi connectivity index (χ4n) is 1.85. The molecule has 1 atom stereocenters. The van der Waals surface area contributed by atoms with E-state index in [0.29, 0.717) is 18.0 Å². The van der Waals surface area contributed by atoms with Gasteiger partial charge in [-0.25, -0.2) is 0 Å². The fourth-order valence-corrected chi connectivity index (χ4v) is 1.92. The molecule has 0 aliphatic heterocycles. The number of carbonyl (C=O) groups excluding carboxylic acids is 1. The average Bonchev–Trinajstić information content (AvgIpc) is 2.32. The number of thiocarbonyl (C=S) groups is 1. The van der Waals surface area contributed by atoms with Crippen molar-refractivity contribution in [3.05, 3.63) is 0 Å². The summed E-state index contributed by atoms with van der Waals surface area (Å²) < 4.78 is 0. The van der Waals surface area contributed by atoms with Crippen LogP contribution in [-0.2, 0) is 4.79 Å². The van der Waals surface area contributed by atoms with Crippen LogP contribution < -0.4 is 5.73 Å². The van der Waals surface area contributed by atoms with Gasteiger partial charge in [0.05, 0.1) is 4.99 Å². The van der Waals surface area contributed by atoms with Crippen molar-refractivity contribution in [2.45, 2.75) is 58.8 Å². The number of rotatable bonds is 10. The first kappa shape index (κ1) is 17.4. The van der Waals surface area contributed by atoms with E-state index in [1.807, 2.05) is 14.0 Å². The van der Waals surface area contributed by atoms with Crippen molar-refractivity contribution in [1.82, 2.24) is 4.90 Å². The highest BCUT2D eigenvalue weighted by atomic mass is 32.1. The lowest BCUT2D eigenvalue weighted by Gasteiger charge is -2.20. The van der Waals surface area contributed by atoms with Crippen molar-refractivity contribution in [1.29, 1.82) is 0 Å². The van der Waals surface area contributed by atoms with Gasteiger partial charge in [-0.05, 0) is 6.42 Å². The highest BCUT2D eigenvalue weighted by Crippen LogP contribution is 2.08. The third-order valence-electron chi connectivity index (χ3n) is 3.20. The second kappa shape index (κ2) is 10.3. The molecule has 3 nitrogen and oxygen atoms in total. The number of amides is 1. The summed E-state index contributed by atoms with van der Waals surface area (Å²) in [5.74, 6) is 0.298. The third-order valence-corrected chi connectivity index (χ3v) is 3.61. The molecule has 0 fully saturated rings. The summed E-state index contributed by atoms with van der Waals surface area (Å²) in [4.78, 5) is 14.1. The molecule has 1 amide bonds. The van der Waals surface area contributed by atoms with Crippen LogP contribution in [0.1, 0.15) is 58.8 Å². The van der Waals surface area contributed by atoms with Crippen LogP contribution in [0.15, 0.2) is 0 Å². The lowest BCUT2D eigenvalue weighted by molar-refractivity contribution is -0.130. The van der Waals surface area contributed by atoms with Crippen LogP contribution >= 0.6 is 12.2 Å². The number of unbranched alkanes of at least 4 members (excludes halogenated alkanes) is 5. The molecule has 0 rings (SSSR count). The molecular formula is C14H28N2OS. The highest BCUT2D eigenvalue weighted by Gasteiger charge is 2.13. The van der Waals surface area contributed by atoms with E-state index in [0.717, 1.165) is 12.8 Å². The van der Waals surface area contributed by atoms with Crippen molar-refractivity contribution in [2.75, 3.05) is 13.6 Å². The first-order valence-corrected chi connectivity index (χ1v) is 7.43. The molecule has 0 aliphatic carbocycles. The van der Waals surface area contributed by atoms with Gasteiger partial charge in [0.15, 0.2) is 0 Å². The fraction of sp³-hybridized carbons (Fsp3) is 0.857. The third kappa shape index (κ3) is 8.45. The maximum absolute atomic E-state index is 11.8. The van der Waals surface area contributed by atoms with Crippen LogP contribution in [0.4, 0.5) is 0 Å². The van der Waals surface area contributed by atoms with Crippen molar-refractivity contribution in [3.63, 3.8) is 0 Å². The molecule has 0 aromatic rings. The smallest absolute Gasteiger partial charge is 0.222 e. The second-order valence-electron chi connectivity index (χ2n) is 5.10. The lowest BCUT2D eigenvalue weighted by Crippen LogP contribution is -2.35. The number of nitrogens with two attached hydrogens (primary N) is 1. The van der Waals surface area contributed by atoms with Crippen molar-refractivity contribution in [2.24, 2.45) is 11.7 Å². The van der Waals surface area contributed by atoms with E-state index in [-0.39, 0.29) is 11.8 Å².